The molecule has 0 spiro atoms. The molecule has 2 aromatic carbocycles. The van der Waals surface area contributed by atoms with Crippen LogP contribution in [0.4, 0.5) is 0 Å². The summed E-state index contributed by atoms with van der Waals surface area (Å²) in [7, 11) is 0. The summed E-state index contributed by atoms with van der Waals surface area (Å²) >= 11 is 12.4. The van der Waals surface area contributed by atoms with E-state index in [2.05, 4.69) is 36.1 Å². The van der Waals surface area contributed by atoms with E-state index in [1.807, 2.05) is 24.3 Å². The van der Waals surface area contributed by atoms with Crippen LogP contribution in [0, 0.1) is 11.8 Å². The topological polar surface area (TPSA) is 23.5 Å². The van der Waals surface area contributed by atoms with Crippen molar-refractivity contribution in [1.82, 2.24) is 4.90 Å². The molecule has 144 valence electrons. The van der Waals surface area contributed by atoms with Crippen LogP contribution in [0.5, 0.6) is 0 Å². The lowest BCUT2D eigenvalue weighted by Gasteiger charge is -2.27. The van der Waals surface area contributed by atoms with E-state index in [1.54, 1.807) is 0 Å². The molecule has 27 heavy (non-hydrogen) atoms. The third-order valence-corrected chi connectivity index (χ3v) is 6.90. The molecule has 1 saturated heterocycles. The van der Waals surface area contributed by atoms with Gasteiger partial charge in [0.2, 0.25) is 0 Å². The Bertz CT molecular complexity index is 780. The van der Waals surface area contributed by atoms with Crippen molar-refractivity contribution in [2.45, 2.75) is 37.7 Å². The monoisotopic (exact) mass is 403 g/mol. The quantitative estimate of drug-likeness (QED) is 0.720. The minimum absolute atomic E-state index is 0.372. The maximum absolute atomic E-state index is 11.1. The first-order valence-electron chi connectivity index (χ1n) is 9.85. The molecule has 2 aliphatic rings. The van der Waals surface area contributed by atoms with Gasteiger partial charge >= 0.3 is 0 Å². The lowest BCUT2D eigenvalue weighted by molar-refractivity contribution is 0.0353. The molecule has 0 amide bonds. The number of aliphatic hydroxyl groups is 1. The Balaban J connectivity index is 1.34. The first-order chi connectivity index (χ1) is 12.9. The van der Waals surface area contributed by atoms with Gasteiger partial charge in [0, 0.05) is 36.1 Å². The van der Waals surface area contributed by atoms with Gasteiger partial charge in [-0.25, -0.2) is 0 Å². The van der Waals surface area contributed by atoms with E-state index in [1.165, 1.54) is 11.1 Å². The summed E-state index contributed by atoms with van der Waals surface area (Å²) in [6.45, 7) is 5.40. The maximum Gasteiger partial charge on any atom is 0.0694 e. The fourth-order valence-electron chi connectivity index (χ4n) is 5.21. The first-order valence-corrected chi connectivity index (χ1v) is 10.6. The zero-order valence-electron chi connectivity index (χ0n) is 15.7. The van der Waals surface area contributed by atoms with Crippen molar-refractivity contribution < 1.29 is 5.11 Å². The lowest BCUT2D eigenvalue weighted by atomic mass is 9.91. The molecule has 1 aliphatic heterocycles. The minimum Gasteiger partial charge on any atom is -0.390 e. The lowest BCUT2D eigenvalue weighted by Crippen LogP contribution is -2.33. The van der Waals surface area contributed by atoms with Crippen molar-refractivity contribution >= 4 is 23.2 Å². The SMILES string of the molecule is CC(CN1C[C@@H]2C[C@@](O)(Cc3ccccc3)C[C@@H]2C1)c1ccc(Cl)cc1Cl. The second-order valence-electron chi connectivity index (χ2n) is 8.60. The zero-order chi connectivity index (χ0) is 19.0. The van der Waals surface area contributed by atoms with Crippen LogP contribution < -0.4 is 0 Å². The molecule has 1 saturated carbocycles. The van der Waals surface area contributed by atoms with E-state index in [0.717, 1.165) is 43.9 Å². The normalized spacial score (nSPS) is 29.0. The third-order valence-electron chi connectivity index (χ3n) is 6.34. The number of hydrogen-bond acceptors (Lipinski definition) is 2. The Kier molecular flexibility index (Phi) is 5.53. The highest BCUT2D eigenvalue weighted by molar-refractivity contribution is 6.35. The van der Waals surface area contributed by atoms with Crippen LogP contribution in [-0.2, 0) is 6.42 Å². The van der Waals surface area contributed by atoms with Gasteiger partial charge in [0.25, 0.3) is 0 Å². The summed E-state index contributed by atoms with van der Waals surface area (Å²) in [5, 5.41) is 12.6. The molecular weight excluding hydrogens is 377 g/mol. The molecule has 2 nitrogen and oxygen atoms in total. The summed E-state index contributed by atoms with van der Waals surface area (Å²) in [5.41, 5.74) is 1.87. The van der Waals surface area contributed by atoms with E-state index >= 15 is 0 Å². The van der Waals surface area contributed by atoms with Gasteiger partial charge in [-0.2, -0.15) is 0 Å². The molecule has 1 aliphatic carbocycles. The average molecular weight is 404 g/mol. The number of benzene rings is 2. The van der Waals surface area contributed by atoms with Gasteiger partial charge in [-0.1, -0.05) is 66.5 Å². The number of nitrogens with zero attached hydrogens (tertiary/aromatic N) is 1. The maximum atomic E-state index is 11.1. The van der Waals surface area contributed by atoms with E-state index in [0.29, 0.717) is 22.8 Å². The Hall–Kier alpha value is -1.06. The van der Waals surface area contributed by atoms with Gasteiger partial charge in [0.15, 0.2) is 0 Å². The van der Waals surface area contributed by atoms with Crippen molar-refractivity contribution in [3.63, 3.8) is 0 Å². The highest BCUT2D eigenvalue weighted by atomic mass is 35.5. The van der Waals surface area contributed by atoms with Gasteiger partial charge in [0.05, 0.1) is 5.60 Å². The molecule has 2 aromatic rings. The molecule has 4 heteroatoms. The van der Waals surface area contributed by atoms with E-state index < -0.39 is 5.60 Å². The van der Waals surface area contributed by atoms with Crippen LogP contribution >= 0.6 is 23.2 Å². The van der Waals surface area contributed by atoms with Crippen LogP contribution in [0.25, 0.3) is 0 Å². The second-order valence-corrected chi connectivity index (χ2v) is 9.44. The molecule has 2 fully saturated rings. The van der Waals surface area contributed by atoms with E-state index in [9.17, 15) is 5.11 Å². The van der Waals surface area contributed by atoms with Gasteiger partial charge in [-0.3, -0.25) is 0 Å². The molecule has 1 unspecified atom stereocenters. The predicted octanol–water partition coefficient (Wildman–Crippen LogP) is 5.41. The summed E-state index contributed by atoms with van der Waals surface area (Å²) in [5.74, 6) is 1.58. The number of likely N-dealkylation sites (tertiary alicyclic amines) is 1. The van der Waals surface area contributed by atoms with Gasteiger partial charge in [0.1, 0.15) is 0 Å². The average Bonchev–Trinajstić information content (AvgIpc) is 3.09. The van der Waals surface area contributed by atoms with Crippen LogP contribution in [-0.4, -0.2) is 35.2 Å². The Labute approximate surface area is 172 Å². The van der Waals surface area contributed by atoms with Crippen molar-refractivity contribution in [3.05, 3.63) is 69.7 Å². The molecular formula is C23H27Cl2NO. The largest absolute Gasteiger partial charge is 0.390 e. The van der Waals surface area contributed by atoms with Crippen molar-refractivity contribution in [2.75, 3.05) is 19.6 Å². The zero-order valence-corrected chi connectivity index (χ0v) is 17.3. The number of rotatable bonds is 5. The standard InChI is InChI=1S/C23H27Cl2NO/c1-16(21-8-7-20(24)9-22(21)25)13-26-14-18-11-23(27,12-19(18)15-26)10-17-5-3-2-4-6-17/h2-9,16,18-19,27H,10-15H2,1H3/t16?,18-,19+,23-. The van der Waals surface area contributed by atoms with Crippen molar-refractivity contribution in [1.29, 1.82) is 0 Å². The highest BCUT2D eigenvalue weighted by Crippen LogP contribution is 2.45. The Morgan fingerprint density at radius 1 is 1.07 bits per heavy atom. The predicted molar refractivity (Wildman–Crippen MR) is 113 cm³/mol. The Morgan fingerprint density at radius 2 is 1.74 bits per heavy atom. The third kappa shape index (κ3) is 4.35. The summed E-state index contributed by atoms with van der Waals surface area (Å²) in [6.07, 6.45) is 2.61. The van der Waals surface area contributed by atoms with Crippen LogP contribution in [0.15, 0.2) is 48.5 Å². The van der Waals surface area contributed by atoms with Crippen molar-refractivity contribution in [3.8, 4) is 0 Å². The molecule has 1 N–H and O–H groups in total. The van der Waals surface area contributed by atoms with Gasteiger partial charge in [-0.15, -0.1) is 0 Å². The van der Waals surface area contributed by atoms with E-state index in [-0.39, 0.29) is 0 Å². The van der Waals surface area contributed by atoms with Crippen LogP contribution in [0.1, 0.15) is 36.8 Å². The van der Waals surface area contributed by atoms with E-state index in [4.69, 9.17) is 23.2 Å². The van der Waals surface area contributed by atoms with Crippen molar-refractivity contribution in [2.24, 2.45) is 11.8 Å². The summed E-state index contributed by atoms with van der Waals surface area (Å²) in [4.78, 5) is 2.55. The van der Waals surface area contributed by atoms with Crippen LogP contribution in [0.3, 0.4) is 0 Å². The highest BCUT2D eigenvalue weighted by Gasteiger charge is 2.48. The number of hydrogen-bond donors (Lipinski definition) is 1. The minimum atomic E-state index is -0.534. The van der Waals surface area contributed by atoms with Gasteiger partial charge in [-0.05, 0) is 53.9 Å². The summed E-state index contributed by atoms with van der Waals surface area (Å²) < 4.78 is 0. The molecule has 0 bridgehead atoms. The second kappa shape index (κ2) is 7.75. The Morgan fingerprint density at radius 3 is 2.37 bits per heavy atom. The molecule has 4 atom stereocenters. The molecule has 0 radical (unpaired) electrons. The fraction of sp³-hybridized carbons (Fsp3) is 0.478. The molecule has 1 heterocycles. The molecule has 4 rings (SSSR count). The number of fused-ring (bicyclic) bond motifs is 1. The summed E-state index contributed by atoms with van der Waals surface area (Å²) in [6, 6.07) is 16.2. The fourth-order valence-corrected chi connectivity index (χ4v) is 5.81. The smallest absolute Gasteiger partial charge is 0.0694 e. The van der Waals surface area contributed by atoms with Gasteiger partial charge < -0.3 is 10.0 Å². The number of halogens is 2. The van der Waals surface area contributed by atoms with Crippen LogP contribution in [0.2, 0.25) is 10.0 Å². The first kappa shape index (κ1) is 19.3. The molecule has 0 aromatic heterocycles.